The molecule has 4 heteroatoms. The number of carbonyl (C=O) groups excluding carboxylic acids is 1. The van der Waals surface area contributed by atoms with Crippen LogP contribution >= 0.6 is 0 Å². The van der Waals surface area contributed by atoms with Crippen LogP contribution in [0, 0.1) is 17.1 Å². The molecule has 0 heterocycles. The molecule has 1 aromatic carbocycles. The average molecular weight is 260 g/mol. The van der Waals surface area contributed by atoms with E-state index < -0.39 is 0 Å². The minimum absolute atomic E-state index is 0.124. The lowest BCUT2D eigenvalue weighted by molar-refractivity contribution is -0.121. The highest BCUT2D eigenvalue weighted by Crippen LogP contribution is 2.51. The maximum atomic E-state index is 13.0. The molecular weight excluding hydrogens is 243 g/mol. The molecule has 1 aliphatic carbocycles. The van der Waals surface area contributed by atoms with Crippen LogP contribution in [0.5, 0.6) is 0 Å². The molecule has 1 aromatic rings. The van der Waals surface area contributed by atoms with Crippen molar-refractivity contribution in [1.29, 1.82) is 5.26 Å². The van der Waals surface area contributed by atoms with Gasteiger partial charge in [-0.3, -0.25) is 4.79 Å². The molecule has 0 aromatic heterocycles. The maximum Gasteiger partial charge on any atom is 0.234 e. The molecule has 1 saturated carbocycles. The van der Waals surface area contributed by atoms with Gasteiger partial charge in [0.25, 0.3) is 0 Å². The van der Waals surface area contributed by atoms with Crippen molar-refractivity contribution in [3.05, 3.63) is 35.6 Å². The second kappa shape index (κ2) is 4.65. The Morgan fingerprint density at radius 2 is 2.00 bits per heavy atom. The molecule has 0 atom stereocenters. The summed E-state index contributed by atoms with van der Waals surface area (Å²) in [6.07, 6.45) is 1.64. The fraction of sp³-hybridized carbons (Fsp3) is 0.467. The van der Waals surface area contributed by atoms with Crippen molar-refractivity contribution in [2.45, 2.75) is 44.1 Å². The summed E-state index contributed by atoms with van der Waals surface area (Å²) in [5.74, 6) is -0.506. The first-order valence-corrected chi connectivity index (χ1v) is 6.35. The number of rotatable bonds is 4. The summed E-state index contributed by atoms with van der Waals surface area (Å²) in [6, 6.07) is 8.24. The van der Waals surface area contributed by atoms with Crippen LogP contribution in [0.3, 0.4) is 0 Å². The quantitative estimate of drug-likeness (QED) is 0.904. The van der Waals surface area contributed by atoms with Gasteiger partial charge in [0.15, 0.2) is 0 Å². The van der Waals surface area contributed by atoms with E-state index in [9.17, 15) is 9.18 Å². The van der Waals surface area contributed by atoms with E-state index in [1.54, 1.807) is 12.1 Å². The van der Waals surface area contributed by atoms with Crippen molar-refractivity contribution in [2.75, 3.05) is 0 Å². The van der Waals surface area contributed by atoms with Crippen LogP contribution in [0.1, 0.15) is 38.7 Å². The smallest absolute Gasteiger partial charge is 0.234 e. The van der Waals surface area contributed by atoms with E-state index in [1.807, 2.05) is 19.9 Å². The molecule has 0 bridgehead atoms. The molecule has 0 saturated heterocycles. The van der Waals surface area contributed by atoms with Crippen molar-refractivity contribution >= 4 is 5.91 Å². The van der Waals surface area contributed by atoms with Crippen LogP contribution in [0.15, 0.2) is 24.3 Å². The normalized spacial score (nSPS) is 16.5. The number of carbonyl (C=O) groups is 1. The molecule has 0 spiro atoms. The number of hydrogen-bond acceptors (Lipinski definition) is 2. The Kier molecular flexibility index (Phi) is 3.32. The first kappa shape index (κ1) is 13.5. The molecule has 0 aliphatic heterocycles. The Hall–Kier alpha value is -1.89. The lowest BCUT2D eigenvalue weighted by atomic mass is 9.75. The molecule has 19 heavy (non-hydrogen) atoms. The van der Waals surface area contributed by atoms with Gasteiger partial charge in [-0.1, -0.05) is 26.0 Å². The topological polar surface area (TPSA) is 52.9 Å². The second-order valence-corrected chi connectivity index (χ2v) is 5.60. The van der Waals surface area contributed by atoms with Gasteiger partial charge in [0.05, 0.1) is 6.07 Å². The number of benzene rings is 1. The molecule has 0 radical (unpaired) electrons. The Balaban J connectivity index is 2.21. The summed E-state index contributed by atoms with van der Waals surface area (Å²) in [4.78, 5) is 11.6. The number of hydrogen-bond donors (Lipinski definition) is 1. The Morgan fingerprint density at radius 1 is 1.42 bits per heavy atom. The molecule has 1 amide bonds. The third kappa shape index (κ3) is 2.46. The summed E-state index contributed by atoms with van der Waals surface area (Å²) < 4.78 is 13.0. The number of amides is 1. The van der Waals surface area contributed by atoms with Gasteiger partial charge in [0.2, 0.25) is 5.91 Å². The Labute approximate surface area is 112 Å². The van der Waals surface area contributed by atoms with Crippen LogP contribution in [0.4, 0.5) is 4.39 Å². The fourth-order valence-electron chi connectivity index (χ4n) is 2.56. The van der Waals surface area contributed by atoms with E-state index in [2.05, 4.69) is 5.32 Å². The SMILES string of the molecule is CC(C)(c1ccc(F)cc1)C1(NC(=O)CC#N)CC1. The van der Waals surface area contributed by atoms with E-state index in [0.29, 0.717) is 0 Å². The van der Waals surface area contributed by atoms with Gasteiger partial charge in [-0.2, -0.15) is 5.26 Å². The minimum Gasteiger partial charge on any atom is -0.349 e. The minimum atomic E-state index is -0.307. The average Bonchev–Trinajstić information content (AvgIpc) is 3.11. The molecule has 100 valence electrons. The largest absolute Gasteiger partial charge is 0.349 e. The van der Waals surface area contributed by atoms with E-state index in [-0.39, 0.29) is 29.1 Å². The van der Waals surface area contributed by atoms with Gasteiger partial charge in [-0.15, -0.1) is 0 Å². The summed E-state index contributed by atoms with van der Waals surface area (Å²) in [7, 11) is 0. The van der Waals surface area contributed by atoms with Crippen molar-refractivity contribution in [3.8, 4) is 6.07 Å². The maximum absolute atomic E-state index is 13.0. The number of nitrogens with one attached hydrogen (secondary N) is 1. The third-order valence-electron chi connectivity index (χ3n) is 4.13. The molecular formula is C15H17FN2O. The summed E-state index contributed by atoms with van der Waals surface area (Å²) in [5, 5.41) is 11.5. The van der Waals surface area contributed by atoms with Gasteiger partial charge < -0.3 is 5.32 Å². The number of nitrogens with zero attached hydrogens (tertiary/aromatic N) is 1. The van der Waals surface area contributed by atoms with Crippen LogP contribution < -0.4 is 5.32 Å². The van der Waals surface area contributed by atoms with Crippen molar-refractivity contribution in [1.82, 2.24) is 5.32 Å². The number of nitriles is 1. The zero-order valence-corrected chi connectivity index (χ0v) is 11.2. The Bertz CT molecular complexity index is 524. The number of halogens is 1. The van der Waals surface area contributed by atoms with Crippen LogP contribution in [0.2, 0.25) is 0 Å². The Morgan fingerprint density at radius 3 is 2.47 bits per heavy atom. The summed E-state index contributed by atoms with van der Waals surface area (Å²) >= 11 is 0. The van der Waals surface area contributed by atoms with Gasteiger partial charge in [0.1, 0.15) is 12.2 Å². The van der Waals surface area contributed by atoms with Crippen LogP contribution in [-0.4, -0.2) is 11.4 Å². The van der Waals surface area contributed by atoms with Crippen LogP contribution in [-0.2, 0) is 10.2 Å². The first-order valence-electron chi connectivity index (χ1n) is 6.35. The van der Waals surface area contributed by atoms with E-state index >= 15 is 0 Å². The highest BCUT2D eigenvalue weighted by molar-refractivity contribution is 5.79. The van der Waals surface area contributed by atoms with Gasteiger partial charge in [-0.05, 0) is 30.5 Å². The van der Waals surface area contributed by atoms with Crippen molar-refractivity contribution in [3.63, 3.8) is 0 Å². The zero-order valence-electron chi connectivity index (χ0n) is 11.2. The predicted octanol–water partition coefficient (Wildman–Crippen LogP) is 2.67. The van der Waals surface area contributed by atoms with Gasteiger partial charge >= 0.3 is 0 Å². The summed E-state index contributed by atoms with van der Waals surface area (Å²) in [6.45, 7) is 4.08. The van der Waals surface area contributed by atoms with Gasteiger partial charge in [0, 0.05) is 11.0 Å². The standard InChI is InChI=1S/C15H17FN2O/c1-14(2,11-3-5-12(16)6-4-11)15(8-9-15)18-13(19)7-10-17/h3-6H,7-9H2,1-2H3,(H,18,19). The highest BCUT2D eigenvalue weighted by Gasteiger charge is 2.55. The van der Waals surface area contributed by atoms with Gasteiger partial charge in [-0.25, -0.2) is 4.39 Å². The highest BCUT2D eigenvalue weighted by atomic mass is 19.1. The van der Waals surface area contributed by atoms with Crippen molar-refractivity contribution in [2.24, 2.45) is 0 Å². The van der Waals surface area contributed by atoms with Crippen LogP contribution in [0.25, 0.3) is 0 Å². The summed E-state index contributed by atoms with van der Waals surface area (Å²) in [5.41, 5.74) is 0.397. The van der Waals surface area contributed by atoms with Crippen molar-refractivity contribution < 1.29 is 9.18 Å². The van der Waals surface area contributed by atoms with E-state index in [1.165, 1.54) is 12.1 Å². The predicted molar refractivity (Wildman–Crippen MR) is 69.8 cm³/mol. The molecule has 0 unspecified atom stereocenters. The molecule has 2 rings (SSSR count). The molecule has 3 nitrogen and oxygen atoms in total. The third-order valence-corrected chi connectivity index (χ3v) is 4.13. The second-order valence-electron chi connectivity index (χ2n) is 5.60. The van der Waals surface area contributed by atoms with E-state index in [4.69, 9.17) is 5.26 Å². The molecule has 1 aliphatic rings. The zero-order chi connectivity index (χ0) is 14.1. The molecule has 1 fully saturated rings. The fourth-order valence-corrected chi connectivity index (χ4v) is 2.56. The monoisotopic (exact) mass is 260 g/mol. The first-order chi connectivity index (χ1) is 8.91. The van der Waals surface area contributed by atoms with E-state index in [0.717, 1.165) is 18.4 Å². The lowest BCUT2D eigenvalue weighted by Crippen LogP contribution is -2.49. The lowest BCUT2D eigenvalue weighted by Gasteiger charge is -2.36. The molecule has 1 N–H and O–H groups in total.